The van der Waals surface area contributed by atoms with Crippen LogP contribution in [0.25, 0.3) is 16.8 Å². The third-order valence-corrected chi connectivity index (χ3v) is 11.6. The van der Waals surface area contributed by atoms with Crippen LogP contribution < -0.4 is 9.80 Å². The molecule has 0 N–H and O–H groups in total. The second-order valence-corrected chi connectivity index (χ2v) is 19.9. The summed E-state index contributed by atoms with van der Waals surface area (Å²) in [5.74, 6) is 0. The van der Waals surface area contributed by atoms with Crippen molar-refractivity contribution in [2.45, 2.75) is 118 Å². The quantitative estimate of drug-likeness (QED) is 0.157. The number of allylic oxidation sites excluding steroid dienone is 1. The maximum atomic E-state index is 2.53. The summed E-state index contributed by atoms with van der Waals surface area (Å²) in [4.78, 5) is 5.05. The Hall–Kier alpha value is -5.08. The molecule has 0 radical (unpaired) electrons. The summed E-state index contributed by atoms with van der Waals surface area (Å²) >= 11 is 0. The summed E-state index contributed by atoms with van der Waals surface area (Å²) in [5, 5.41) is 2.48. The first-order chi connectivity index (χ1) is 26.3. The Balaban J connectivity index is 1.53. The van der Waals surface area contributed by atoms with Crippen molar-refractivity contribution in [3.05, 3.63) is 161 Å². The van der Waals surface area contributed by atoms with Gasteiger partial charge in [0, 0.05) is 39.1 Å². The van der Waals surface area contributed by atoms with Gasteiger partial charge in [-0.1, -0.05) is 168 Å². The van der Waals surface area contributed by atoms with E-state index in [4.69, 9.17) is 0 Å². The van der Waals surface area contributed by atoms with Gasteiger partial charge in [0.25, 0.3) is 0 Å². The highest BCUT2D eigenvalue weighted by molar-refractivity contribution is 6.12. The number of nitrogens with zero attached hydrogens (tertiary/aromatic N) is 2. The maximum Gasteiger partial charge on any atom is 0.0616 e. The Morgan fingerprint density at radius 3 is 1.00 bits per heavy atom. The molecule has 2 nitrogen and oxygen atoms in total. The van der Waals surface area contributed by atoms with E-state index < -0.39 is 0 Å². The molecule has 6 aromatic rings. The lowest BCUT2D eigenvalue weighted by molar-refractivity contribution is 0.590. The minimum absolute atomic E-state index is 0.0631. The van der Waals surface area contributed by atoms with Crippen LogP contribution in [0, 0.1) is 0 Å². The SMILES string of the molecule is CC(C)(C)c1ccc(N(c2ccc(C(C)(C)C)cc2)c2c3c(c(N(c4ccc(C(C)(C)C)cc4)c4ccc(C(C)(C)C)cc4)c4ccccc24)CCC=C3)cc1. The van der Waals surface area contributed by atoms with Crippen LogP contribution in [0.5, 0.6) is 0 Å². The molecule has 6 aromatic carbocycles. The molecule has 0 unspecified atom stereocenters. The summed E-state index contributed by atoms with van der Waals surface area (Å²) < 4.78 is 0. The van der Waals surface area contributed by atoms with Crippen molar-refractivity contribution in [1.29, 1.82) is 0 Å². The molecule has 7 rings (SSSR count). The average Bonchev–Trinajstić information content (AvgIpc) is 3.15. The molecule has 2 heteroatoms. The zero-order valence-corrected chi connectivity index (χ0v) is 36.0. The molecular formula is C54H62N2. The van der Waals surface area contributed by atoms with Gasteiger partial charge in [-0.25, -0.2) is 0 Å². The van der Waals surface area contributed by atoms with Crippen molar-refractivity contribution in [2.24, 2.45) is 0 Å². The molecule has 1 aliphatic carbocycles. The van der Waals surface area contributed by atoms with Gasteiger partial charge in [-0.15, -0.1) is 0 Å². The van der Waals surface area contributed by atoms with Crippen molar-refractivity contribution >= 4 is 51.0 Å². The molecule has 288 valence electrons. The summed E-state index contributed by atoms with van der Waals surface area (Å²) in [6, 6.07) is 46.2. The lowest BCUT2D eigenvalue weighted by atomic mass is 9.85. The lowest BCUT2D eigenvalue weighted by Crippen LogP contribution is -2.19. The fourth-order valence-corrected chi connectivity index (χ4v) is 8.09. The molecule has 0 heterocycles. The van der Waals surface area contributed by atoms with E-state index in [1.54, 1.807) is 0 Å². The second kappa shape index (κ2) is 14.5. The Labute approximate surface area is 337 Å². The number of fused-ring (bicyclic) bond motifs is 2. The minimum atomic E-state index is 0.0631. The Morgan fingerprint density at radius 1 is 0.375 bits per heavy atom. The first-order valence-electron chi connectivity index (χ1n) is 20.6. The first-order valence-corrected chi connectivity index (χ1v) is 20.6. The van der Waals surface area contributed by atoms with Crippen LogP contribution in [0.1, 0.15) is 123 Å². The minimum Gasteiger partial charge on any atom is -0.310 e. The lowest BCUT2D eigenvalue weighted by Gasteiger charge is -2.36. The number of anilines is 6. The van der Waals surface area contributed by atoms with Crippen LogP contribution in [0.4, 0.5) is 34.1 Å². The normalized spacial score (nSPS) is 13.5. The molecule has 0 fully saturated rings. The number of rotatable bonds is 6. The highest BCUT2D eigenvalue weighted by atomic mass is 15.2. The van der Waals surface area contributed by atoms with Gasteiger partial charge >= 0.3 is 0 Å². The highest BCUT2D eigenvalue weighted by Gasteiger charge is 2.30. The smallest absolute Gasteiger partial charge is 0.0616 e. The summed E-state index contributed by atoms with van der Waals surface area (Å²) in [6.07, 6.45) is 6.72. The van der Waals surface area contributed by atoms with Gasteiger partial charge in [-0.05, 0) is 111 Å². The van der Waals surface area contributed by atoms with Crippen LogP contribution in [-0.4, -0.2) is 0 Å². The molecule has 0 bridgehead atoms. The standard InChI is InChI=1S/C54H62N2/c1-51(2,3)37-21-29-41(30-22-37)55(42-31-23-38(24-32-42)52(4,5)6)49-45-17-13-15-19-47(45)50(48-20-16-14-18-46(48)49)56(43-33-25-39(26-34-43)53(7,8)9)44-35-27-40(28-36-44)54(10,11)12/h13-15,17-19,21-36H,16,20H2,1-12H3. The topological polar surface area (TPSA) is 6.48 Å². The van der Waals surface area contributed by atoms with Crippen molar-refractivity contribution in [3.8, 4) is 0 Å². The summed E-state index contributed by atoms with van der Waals surface area (Å²) in [7, 11) is 0. The third kappa shape index (κ3) is 7.68. The van der Waals surface area contributed by atoms with Gasteiger partial charge in [0.1, 0.15) is 0 Å². The van der Waals surface area contributed by atoms with Crippen molar-refractivity contribution in [1.82, 2.24) is 0 Å². The van der Waals surface area contributed by atoms with E-state index >= 15 is 0 Å². The van der Waals surface area contributed by atoms with E-state index in [0.29, 0.717) is 0 Å². The highest BCUT2D eigenvalue weighted by Crippen LogP contribution is 2.52. The third-order valence-electron chi connectivity index (χ3n) is 11.6. The molecule has 0 spiro atoms. The first kappa shape index (κ1) is 39.2. The van der Waals surface area contributed by atoms with E-state index in [1.807, 2.05) is 0 Å². The van der Waals surface area contributed by atoms with Gasteiger partial charge in [-0.2, -0.15) is 0 Å². The van der Waals surface area contributed by atoms with Gasteiger partial charge in [0.15, 0.2) is 0 Å². The number of benzene rings is 6. The van der Waals surface area contributed by atoms with E-state index in [0.717, 1.165) is 24.2 Å². The van der Waals surface area contributed by atoms with Gasteiger partial charge < -0.3 is 9.80 Å². The maximum absolute atomic E-state index is 2.53. The summed E-state index contributed by atoms with van der Waals surface area (Å²) in [6.45, 7) is 27.5. The van der Waals surface area contributed by atoms with Crippen molar-refractivity contribution in [3.63, 3.8) is 0 Å². The van der Waals surface area contributed by atoms with Crippen LogP contribution >= 0.6 is 0 Å². The molecule has 1 aliphatic rings. The monoisotopic (exact) mass is 738 g/mol. The Kier molecular flexibility index (Phi) is 10.1. The van der Waals surface area contributed by atoms with Crippen molar-refractivity contribution < 1.29 is 0 Å². The molecule has 56 heavy (non-hydrogen) atoms. The van der Waals surface area contributed by atoms with Crippen LogP contribution in [0.2, 0.25) is 0 Å². The number of hydrogen-bond acceptors (Lipinski definition) is 2. The Bertz CT molecular complexity index is 2230. The van der Waals surface area contributed by atoms with E-state index in [1.165, 1.54) is 66.9 Å². The van der Waals surface area contributed by atoms with E-state index in [-0.39, 0.29) is 21.7 Å². The van der Waals surface area contributed by atoms with Gasteiger partial charge in [-0.3, -0.25) is 0 Å². The molecular weight excluding hydrogens is 677 g/mol. The zero-order valence-electron chi connectivity index (χ0n) is 36.0. The van der Waals surface area contributed by atoms with Gasteiger partial charge in [0.05, 0.1) is 11.4 Å². The average molecular weight is 739 g/mol. The molecule has 0 saturated carbocycles. The van der Waals surface area contributed by atoms with Crippen LogP contribution in [0.15, 0.2) is 127 Å². The summed E-state index contributed by atoms with van der Waals surface area (Å²) in [5.41, 5.74) is 15.4. The van der Waals surface area contributed by atoms with E-state index in [2.05, 4.69) is 226 Å². The molecule has 0 aliphatic heterocycles. The fraction of sp³-hybridized carbons (Fsp3) is 0.333. The molecule has 0 amide bonds. The molecule has 0 aromatic heterocycles. The van der Waals surface area contributed by atoms with Crippen LogP contribution in [0.3, 0.4) is 0 Å². The number of hydrogen-bond donors (Lipinski definition) is 0. The largest absolute Gasteiger partial charge is 0.310 e. The predicted octanol–water partition coefficient (Wildman–Crippen LogP) is 15.9. The molecule has 0 saturated heterocycles. The van der Waals surface area contributed by atoms with Crippen LogP contribution in [-0.2, 0) is 28.1 Å². The zero-order chi connectivity index (χ0) is 40.2. The molecule has 0 atom stereocenters. The fourth-order valence-electron chi connectivity index (χ4n) is 8.09. The van der Waals surface area contributed by atoms with Gasteiger partial charge in [0.2, 0.25) is 0 Å². The van der Waals surface area contributed by atoms with E-state index in [9.17, 15) is 0 Å². The Morgan fingerprint density at radius 2 is 0.679 bits per heavy atom. The van der Waals surface area contributed by atoms with Crippen molar-refractivity contribution in [2.75, 3.05) is 9.80 Å². The second-order valence-electron chi connectivity index (χ2n) is 19.9. The predicted molar refractivity (Wildman–Crippen MR) is 245 cm³/mol.